The summed E-state index contributed by atoms with van der Waals surface area (Å²) in [5.41, 5.74) is -0.351. The second-order valence-corrected chi connectivity index (χ2v) is 9.03. The molecule has 0 radical (unpaired) electrons. The lowest BCUT2D eigenvalue weighted by molar-refractivity contribution is -0.0369. The van der Waals surface area contributed by atoms with Crippen molar-refractivity contribution in [2.45, 2.75) is 85.7 Å². The summed E-state index contributed by atoms with van der Waals surface area (Å²) in [6, 6.07) is 2.26. The minimum Gasteiger partial charge on any atom is -0.371 e. The van der Waals surface area contributed by atoms with Crippen LogP contribution in [0.25, 0.3) is 0 Å². The first-order chi connectivity index (χ1) is 8.99. The van der Waals surface area contributed by atoms with Crippen LogP contribution in [0.15, 0.2) is 0 Å². The van der Waals surface area contributed by atoms with Gasteiger partial charge in [-0.05, 0) is 61.3 Å². The van der Waals surface area contributed by atoms with Crippen LogP contribution in [0.1, 0.15) is 61.3 Å². The van der Waals surface area contributed by atoms with Gasteiger partial charge in [0.1, 0.15) is 0 Å². The predicted molar refractivity (Wildman–Crippen MR) is 83.2 cm³/mol. The fourth-order valence-corrected chi connectivity index (χ4v) is 5.08. The largest absolute Gasteiger partial charge is 0.498 e. The Hall–Kier alpha value is -0.413. The van der Waals surface area contributed by atoms with Crippen molar-refractivity contribution in [2.75, 3.05) is 0 Å². The van der Waals surface area contributed by atoms with Gasteiger partial charge in [-0.3, -0.25) is 0 Å². The number of nitrogens with zero attached hydrogens (tertiary/aromatic N) is 1. The second kappa shape index (κ2) is 8.13. The Morgan fingerprint density at radius 1 is 1.05 bits per heavy atom. The van der Waals surface area contributed by atoms with Crippen molar-refractivity contribution in [3.05, 3.63) is 0 Å². The Balaban J connectivity index is 4.73. The molecule has 0 N–H and O–H groups in total. The lowest BCUT2D eigenvalue weighted by atomic mass is 9.97. The van der Waals surface area contributed by atoms with Crippen LogP contribution in [0.2, 0.25) is 6.55 Å². The normalized spacial score (nSPS) is 14.7. The standard InChI is InChI=1S/C15H31NO3Si/c1-12(2)17-20(8,18-13(3)4)19-15(6,7)10-9-14(5)11-16/h12-14H,9-10H2,1-8H3. The molecule has 0 fully saturated rings. The molecule has 0 amide bonds. The maximum atomic E-state index is 8.87. The molecule has 0 aromatic rings. The van der Waals surface area contributed by atoms with Crippen molar-refractivity contribution in [1.29, 1.82) is 5.26 Å². The van der Waals surface area contributed by atoms with Gasteiger partial charge in [0.05, 0.1) is 11.7 Å². The molecule has 0 rings (SSSR count). The number of rotatable bonds is 9. The maximum Gasteiger partial charge on any atom is 0.498 e. The summed E-state index contributed by atoms with van der Waals surface area (Å²) in [6.45, 7) is 15.9. The summed E-state index contributed by atoms with van der Waals surface area (Å²) >= 11 is 0. The average molecular weight is 302 g/mol. The van der Waals surface area contributed by atoms with E-state index in [-0.39, 0.29) is 23.7 Å². The van der Waals surface area contributed by atoms with E-state index in [0.29, 0.717) is 0 Å². The van der Waals surface area contributed by atoms with E-state index in [0.717, 1.165) is 12.8 Å². The number of hydrogen-bond acceptors (Lipinski definition) is 4. The first-order valence-corrected chi connectivity index (χ1v) is 9.67. The highest BCUT2D eigenvalue weighted by Crippen LogP contribution is 2.27. The minimum absolute atomic E-state index is 0.0443. The first-order valence-electron chi connectivity index (χ1n) is 7.45. The van der Waals surface area contributed by atoms with Gasteiger partial charge >= 0.3 is 8.80 Å². The fraction of sp³-hybridized carbons (Fsp3) is 0.933. The van der Waals surface area contributed by atoms with E-state index in [1.165, 1.54) is 0 Å². The number of nitriles is 1. The third kappa shape index (κ3) is 8.70. The third-order valence-electron chi connectivity index (χ3n) is 2.76. The van der Waals surface area contributed by atoms with Crippen molar-refractivity contribution in [3.63, 3.8) is 0 Å². The molecule has 0 aromatic carbocycles. The van der Waals surface area contributed by atoms with E-state index in [1.54, 1.807) is 0 Å². The highest BCUT2D eigenvalue weighted by molar-refractivity contribution is 6.59. The highest BCUT2D eigenvalue weighted by atomic mass is 28.4. The molecular formula is C15H31NO3Si. The van der Waals surface area contributed by atoms with Gasteiger partial charge in [0.15, 0.2) is 0 Å². The molecule has 0 aromatic heterocycles. The fourth-order valence-electron chi connectivity index (χ4n) is 2.11. The van der Waals surface area contributed by atoms with Crippen LogP contribution in [0.4, 0.5) is 0 Å². The van der Waals surface area contributed by atoms with Gasteiger partial charge in [0, 0.05) is 24.7 Å². The molecule has 5 heteroatoms. The Bertz CT molecular complexity index is 314. The molecule has 0 aliphatic heterocycles. The maximum absolute atomic E-state index is 8.87. The summed E-state index contributed by atoms with van der Waals surface area (Å²) in [5, 5.41) is 8.87. The average Bonchev–Trinajstić information content (AvgIpc) is 2.21. The summed E-state index contributed by atoms with van der Waals surface area (Å²) in [5.74, 6) is 0.0443. The van der Waals surface area contributed by atoms with Crippen LogP contribution in [0.5, 0.6) is 0 Å². The van der Waals surface area contributed by atoms with Crippen molar-refractivity contribution >= 4 is 8.80 Å². The van der Waals surface area contributed by atoms with Crippen molar-refractivity contribution in [1.82, 2.24) is 0 Å². The summed E-state index contributed by atoms with van der Waals surface area (Å²) in [4.78, 5) is 0. The molecule has 0 saturated heterocycles. The van der Waals surface area contributed by atoms with Crippen LogP contribution in [0, 0.1) is 17.2 Å². The first kappa shape index (κ1) is 19.6. The zero-order valence-corrected chi connectivity index (χ0v) is 15.3. The Morgan fingerprint density at radius 3 is 1.85 bits per heavy atom. The molecule has 1 unspecified atom stereocenters. The number of hydrogen-bond donors (Lipinski definition) is 0. The molecule has 0 heterocycles. The van der Waals surface area contributed by atoms with Crippen molar-refractivity contribution in [3.8, 4) is 6.07 Å². The van der Waals surface area contributed by atoms with Crippen LogP contribution in [0.3, 0.4) is 0 Å². The van der Waals surface area contributed by atoms with E-state index in [2.05, 4.69) is 6.07 Å². The third-order valence-corrected chi connectivity index (χ3v) is 5.48. The van der Waals surface area contributed by atoms with Gasteiger partial charge in [-0.2, -0.15) is 5.26 Å². The van der Waals surface area contributed by atoms with E-state index < -0.39 is 8.80 Å². The molecule has 0 spiro atoms. The molecule has 0 bridgehead atoms. The van der Waals surface area contributed by atoms with Gasteiger partial charge in [-0.1, -0.05) is 0 Å². The Kier molecular flexibility index (Phi) is 7.96. The summed E-state index contributed by atoms with van der Waals surface area (Å²) in [6.07, 6.45) is 1.77. The Morgan fingerprint density at radius 2 is 1.50 bits per heavy atom. The Labute approximate surface area is 125 Å². The molecule has 4 nitrogen and oxygen atoms in total. The molecule has 1 atom stereocenters. The van der Waals surface area contributed by atoms with Gasteiger partial charge < -0.3 is 13.3 Å². The van der Waals surface area contributed by atoms with Crippen LogP contribution >= 0.6 is 0 Å². The van der Waals surface area contributed by atoms with Crippen LogP contribution < -0.4 is 0 Å². The van der Waals surface area contributed by atoms with E-state index in [9.17, 15) is 0 Å². The van der Waals surface area contributed by atoms with E-state index in [4.69, 9.17) is 18.5 Å². The molecule has 0 aliphatic rings. The van der Waals surface area contributed by atoms with Crippen molar-refractivity contribution < 1.29 is 13.3 Å². The SMILES string of the molecule is CC(C#N)CCC(C)(C)O[Si](C)(OC(C)C)OC(C)C. The zero-order chi connectivity index (χ0) is 16.0. The van der Waals surface area contributed by atoms with Gasteiger partial charge in [-0.25, -0.2) is 0 Å². The van der Waals surface area contributed by atoms with Gasteiger partial charge in [0.2, 0.25) is 0 Å². The molecule has 0 saturated carbocycles. The lowest BCUT2D eigenvalue weighted by Gasteiger charge is -2.37. The predicted octanol–water partition coefficient (Wildman–Crippen LogP) is 4.14. The van der Waals surface area contributed by atoms with Crippen molar-refractivity contribution in [2.24, 2.45) is 5.92 Å². The topological polar surface area (TPSA) is 51.5 Å². The molecular weight excluding hydrogens is 270 g/mol. The van der Waals surface area contributed by atoms with E-state index in [1.807, 2.05) is 55.0 Å². The van der Waals surface area contributed by atoms with Crippen LogP contribution in [-0.2, 0) is 13.3 Å². The quantitative estimate of drug-likeness (QED) is 0.601. The van der Waals surface area contributed by atoms with Crippen LogP contribution in [-0.4, -0.2) is 26.6 Å². The van der Waals surface area contributed by atoms with E-state index >= 15 is 0 Å². The van der Waals surface area contributed by atoms with Gasteiger partial charge in [-0.15, -0.1) is 0 Å². The molecule has 118 valence electrons. The second-order valence-electron chi connectivity index (χ2n) is 6.63. The monoisotopic (exact) mass is 301 g/mol. The van der Waals surface area contributed by atoms with Gasteiger partial charge in [0.25, 0.3) is 0 Å². The summed E-state index contributed by atoms with van der Waals surface area (Å²) < 4.78 is 18.1. The minimum atomic E-state index is -2.68. The smallest absolute Gasteiger partial charge is 0.371 e. The highest BCUT2D eigenvalue weighted by Gasteiger charge is 2.42. The lowest BCUT2D eigenvalue weighted by Crippen LogP contribution is -2.51. The molecule has 0 aliphatic carbocycles. The summed E-state index contributed by atoms with van der Waals surface area (Å²) in [7, 11) is -2.68. The molecule has 20 heavy (non-hydrogen) atoms. The zero-order valence-electron chi connectivity index (χ0n) is 14.3.